The Morgan fingerprint density at radius 3 is 2.38 bits per heavy atom. The van der Waals surface area contributed by atoms with Gasteiger partial charge in [-0.1, -0.05) is 39.3 Å². The molecule has 1 aliphatic heterocycles. The van der Waals surface area contributed by atoms with Crippen molar-refractivity contribution in [3.05, 3.63) is 22.7 Å². The number of halogens is 1. The van der Waals surface area contributed by atoms with Crippen molar-refractivity contribution in [3.8, 4) is 11.5 Å². The van der Waals surface area contributed by atoms with Crippen molar-refractivity contribution in [1.29, 1.82) is 0 Å². The van der Waals surface area contributed by atoms with E-state index in [0.29, 0.717) is 13.2 Å². The molecule has 1 aromatic rings. The largest absolute Gasteiger partial charge is 0.486 e. The number of rotatable bonds is 6. The molecule has 1 N–H and O–H groups in total. The van der Waals surface area contributed by atoms with Crippen LogP contribution in [-0.2, 0) is 0 Å². The minimum absolute atomic E-state index is 0.114. The molecule has 1 unspecified atom stereocenters. The second-order valence-electron chi connectivity index (χ2n) is 6.25. The number of fused-ring (bicyclic) bond motifs is 1. The highest BCUT2D eigenvalue weighted by molar-refractivity contribution is 6.31. The molecule has 0 bridgehead atoms. The zero-order valence-corrected chi connectivity index (χ0v) is 14.2. The molecule has 3 nitrogen and oxygen atoms in total. The van der Waals surface area contributed by atoms with E-state index in [1.165, 1.54) is 0 Å². The van der Waals surface area contributed by atoms with Gasteiger partial charge in [0.1, 0.15) is 13.2 Å². The first kappa shape index (κ1) is 16.4. The molecule has 0 spiro atoms. The Kier molecular flexibility index (Phi) is 5.39. The van der Waals surface area contributed by atoms with Crippen LogP contribution in [0.2, 0.25) is 5.02 Å². The van der Waals surface area contributed by atoms with Crippen LogP contribution in [0, 0.1) is 5.41 Å². The molecule has 0 radical (unpaired) electrons. The molecule has 0 aromatic heterocycles. The molecule has 1 aliphatic rings. The van der Waals surface area contributed by atoms with E-state index >= 15 is 0 Å². The van der Waals surface area contributed by atoms with Gasteiger partial charge in [0, 0.05) is 17.1 Å². The Hall–Kier alpha value is -0.930. The van der Waals surface area contributed by atoms with Crippen LogP contribution in [0.5, 0.6) is 11.5 Å². The molecule has 21 heavy (non-hydrogen) atoms. The van der Waals surface area contributed by atoms with E-state index in [4.69, 9.17) is 21.1 Å². The van der Waals surface area contributed by atoms with Crippen molar-refractivity contribution < 1.29 is 9.47 Å². The van der Waals surface area contributed by atoms with E-state index in [1.54, 1.807) is 0 Å². The minimum atomic E-state index is 0.114. The molecule has 2 rings (SSSR count). The van der Waals surface area contributed by atoms with Crippen LogP contribution in [0.3, 0.4) is 0 Å². The van der Waals surface area contributed by atoms with Crippen LogP contribution >= 0.6 is 11.6 Å². The summed E-state index contributed by atoms with van der Waals surface area (Å²) < 4.78 is 11.3. The molecule has 118 valence electrons. The Balaban J connectivity index is 2.39. The van der Waals surface area contributed by atoms with Crippen molar-refractivity contribution in [2.24, 2.45) is 5.41 Å². The van der Waals surface area contributed by atoms with Crippen LogP contribution in [0.4, 0.5) is 0 Å². The molecule has 0 aliphatic carbocycles. The summed E-state index contributed by atoms with van der Waals surface area (Å²) in [5.74, 6) is 1.55. The molecule has 0 amide bonds. The predicted molar refractivity (Wildman–Crippen MR) is 87.5 cm³/mol. The maximum atomic E-state index is 6.52. The summed E-state index contributed by atoms with van der Waals surface area (Å²) in [4.78, 5) is 0. The summed E-state index contributed by atoms with van der Waals surface area (Å²) in [5.41, 5.74) is 1.21. The average Bonchev–Trinajstić information content (AvgIpc) is 2.47. The van der Waals surface area contributed by atoms with Gasteiger partial charge in [-0.3, -0.25) is 0 Å². The highest BCUT2D eigenvalue weighted by atomic mass is 35.5. The Morgan fingerprint density at radius 1 is 1.19 bits per heavy atom. The molecule has 4 heteroatoms. The van der Waals surface area contributed by atoms with Gasteiger partial charge in [-0.15, -0.1) is 0 Å². The zero-order chi connectivity index (χ0) is 15.5. The van der Waals surface area contributed by atoms with Gasteiger partial charge in [-0.25, -0.2) is 0 Å². The van der Waals surface area contributed by atoms with E-state index in [2.05, 4.69) is 33.0 Å². The fraction of sp³-hybridized carbons (Fsp3) is 0.647. The van der Waals surface area contributed by atoms with Gasteiger partial charge in [0.2, 0.25) is 0 Å². The third-order valence-electron chi connectivity index (χ3n) is 4.26. The lowest BCUT2D eigenvalue weighted by Gasteiger charge is -2.36. The first-order chi connectivity index (χ1) is 9.99. The fourth-order valence-electron chi connectivity index (χ4n) is 2.60. The van der Waals surface area contributed by atoms with Gasteiger partial charge in [0.25, 0.3) is 0 Å². The van der Waals surface area contributed by atoms with E-state index in [1.807, 2.05) is 12.1 Å². The smallest absolute Gasteiger partial charge is 0.162 e. The van der Waals surface area contributed by atoms with Gasteiger partial charge in [0.15, 0.2) is 11.5 Å². The monoisotopic (exact) mass is 311 g/mol. The number of hydrogen-bond donors (Lipinski definition) is 1. The third-order valence-corrected chi connectivity index (χ3v) is 4.59. The lowest BCUT2D eigenvalue weighted by atomic mass is 9.78. The summed E-state index contributed by atoms with van der Waals surface area (Å²) in [7, 11) is 0. The van der Waals surface area contributed by atoms with Crippen LogP contribution in [0.25, 0.3) is 0 Å². The standard InChI is InChI=1S/C17H26ClNO2/c1-5-7-19-16(17(3,4)6-2)12-10-14-15(11-13(12)18)21-9-8-20-14/h10-11,16,19H,5-9H2,1-4H3. The Bertz CT molecular complexity index is 488. The Morgan fingerprint density at radius 2 is 1.81 bits per heavy atom. The van der Waals surface area contributed by atoms with Crippen molar-refractivity contribution in [2.75, 3.05) is 19.8 Å². The number of benzene rings is 1. The zero-order valence-electron chi connectivity index (χ0n) is 13.5. The van der Waals surface area contributed by atoms with Crippen molar-refractivity contribution in [1.82, 2.24) is 5.32 Å². The predicted octanol–water partition coefficient (Wildman–Crippen LogP) is 4.59. The van der Waals surface area contributed by atoms with Crippen LogP contribution in [-0.4, -0.2) is 19.8 Å². The van der Waals surface area contributed by atoms with Gasteiger partial charge >= 0.3 is 0 Å². The SMILES string of the molecule is CCCNC(c1cc2c(cc1Cl)OCCO2)C(C)(C)CC. The lowest BCUT2D eigenvalue weighted by molar-refractivity contribution is 0.170. The molecule has 1 aromatic carbocycles. The molecule has 0 saturated heterocycles. The molecule has 1 heterocycles. The number of ether oxygens (including phenoxy) is 2. The normalized spacial score (nSPS) is 15.9. The van der Waals surface area contributed by atoms with Gasteiger partial charge in [-0.2, -0.15) is 0 Å². The van der Waals surface area contributed by atoms with Crippen LogP contribution < -0.4 is 14.8 Å². The summed E-state index contributed by atoms with van der Waals surface area (Å²) in [6, 6.07) is 4.13. The summed E-state index contributed by atoms with van der Waals surface area (Å²) in [5, 5.41) is 4.39. The van der Waals surface area contributed by atoms with Gasteiger partial charge in [0.05, 0.1) is 0 Å². The highest BCUT2D eigenvalue weighted by Gasteiger charge is 2.31. The fourth-order valence-corrected chi connectivity index (χ4v) is 2.86. The second kappa shape index (κ2) is 6.89. The third kappa shape index (κ3) is 3.64. The van der Waals surface area contributed by atoms with Crippen molar-refractivity contribution >= 4 is 11.6 Å². The van der Waals surface area contributed by atoms with Crippen LogP contribution in [0.1, 0.15) is 52.1 Å². The van der Waals surface area contributed by atoms with E-state index in [-0.39, 0.29) is 11.5 Å². The van der Waals surface area contributed by atoms with Gasteiger partial charge in [-0.05, 0) is 36.4 Å². The van der Waals surface area contributed by atoms with E-state index in [0.717, 1.165) is 41.5 Å². The second-order valence-corrected chi connectivity index (χ2v) is 6.65. The number of hydrogen-bond acceptors (Lipinski definition) is 3. The lowest BCUT2D eigenvalue weighted by Crippen LogP contribution is -2.34. The maximum absolute atomic E-state index is 6.52. The maximum Gasteiger partial charge on any atom is 0.162 e. The topological polar surface area (TPSA) is 30.5 Å². The van der Waals surface area contributed by atoms with Gasteiger partial charge < -0.3 is 14.8 Å². The first-order valence-electron chi connectivity index (χ1n) is 7.82. The summed E-state index contributed by atoms with van der Waals surface area (Å²) >= 11 is 6.52. The summed E-state index contributed by atoms with van der Waals surface area (Å²) in [6.07, 6.45) is 2.16. The van der Waals surface area contributed by atoms with E-state index in [9.17, 15) is 0 Å². The Labute approximate surface area is 133 Å². The molecule has 0 saturated carbocycles. The number of nitrogens with one attached hydrogen (secondary N) is 1. The molecular formula is C17H26ClNO2. The van der Waals surface area contributed by atoms with Crippen LogP contribution in [0.15, 0.2) is 12.1 Å². The molecule has 1 atom stereocenters. The van der Waals surface area contributed by atoms with Crippen molar-refractivity contribution in [3.63, 3.8) is 0 Å². The molecule has 0 fully saturated rings. The van der Waals surface area contributed by atoms with E-state index < -0.39 is 0 Å². The average molecular weight is 312 g/mol. The summed E-state index contributed by atoms with van der Waals surface area (Å²) in [6.45, 7) is 11.1. The molecular weight excluding hydrogens is 286 g/mol. The quantitative estimate of drug-likeness (QED) is 0.833. The first-order valence-corrected chi connectivity index (χ1v) is 8.19. The minimum Gasteiger partial charge on any atom is -0.486 e. The van der Waals surface area contributed by atoms with Crippen molar-refractivity contribution in [2.45, 2.75) is 46.6 Å². The highest BCUT2D eigenvalue weighted by Crippen LogP contribution is 2.43.